The van der Waals surface area contributed by atoms with Crippen LogP contribution >= 0.6 is 15.9 Å². The monoisotopic (exact) mass is 306 g/mol. The lowest BCUT2D eigenvalue weighted by Gasteiger charge is -2.13. The van der Waals surface area contributed by atoms with E-state index in [2.05, 4.69) is 21.2 Å². The molecule has 6 heteroatoms. The van der Waals surface area contributed by atoms with Gasteiger partial charge in [-0.1, -0.05) is 28.1 Å². The summed E-state index contributed by atoms with van der Waals surface area (Å²) >= 11 is 3.39. The number of halogens is 1. The zero-order valence-corrected chi connectivity index (χ0v) is 11.4. The van der Waals surface area contributed by atoms with Crippen LogP contribution in [0.3, 0.4) is 0 Å². The lowest BCUT2D eigenvalue weighted by Crippen LogP contribution is -2.28. The SMILES string of the molecule is CC(NCCS(N)(=O)=O)c1cccc(Br)c1. The van der Waals surface area contributed by atoms with E-state index >= 15 is 0 Å². The Balaban J connectivity index is 2.50. The van der Waals surface area contributed by atoms with Gasteiger partial charge in [0.25, 0.3) is 0 Å². The highest BCUT2D eigenvalue weighted by Gasteiger charge is 2.07. The van der Waals surface area contributed by atoms with Crippen molar-refractivity contribution in [2.75, 3.05) is 12.3 Å². The zero-order valence-electron chi connectivity index (χ0n) is 8.98. The van der Waals surface area contributed by atoms with Gasteiger partial charge in [0.05, 0.1) is 5.75 Å². The number of rotatable bonds is 5. The molecule has 16 heavy (non-hydrogen) atoms. The van der Waals surface area contributed by atoms with Gasteiger partial charge in [0.2, 0.25) is 10.0 Å². The molecule has 0 aliphatic carbocycles. The Hall–Kier alpha value is -0.430. The van der Waals surface area contributed by atoms with Gasteiger partial charge in [-0.15, -0.1) is 0 Å². The molecule has 0 bridgehead atoms. The first-order valence-corrected chi connectivity index (χ1v) is 7.38. The van der Waals surface area contributed by atoms with E-state index in [1.165, 1.54) is 0 Å². The smallest absolute Gasteiger partial charge is 0.210 e. The van der Waals surface area contributed by atoms with E-state index < -0.39 is 10.0 Å². The maximum absolute atomic E-state index is 10.7. The Kier molecular flexibility index (Phi) is 4.91. The van der Waals surface area contributed by atoms with Gasteiger partial charge in [0.15, 0.2) is 0 Å². The van der Waals surface area contributed by atoms with Crippen LogP contribution in [0.5, 0.6) is 0 Å². The molecule has 0 fully saturated rings. The van der Waals surface area contributed by atoms with Crippen LogP contribution in [0.2, 0.25) is 0 Å². The number of sulfonamides is 1. The largest absolute Gasteiger partial charge is 0.309 e. The molecular weight excluding hydrogens is 292 g/mol. The van der Waals surface area contributed by atoms with Gasteiger partial charge in [0, 0.05) is 17.1 Å². The normalized spacial score (nSPS) is 13.7. The molecule has 1 rings (SSSR count). The molecule has 90 valence electrons. The predicted molar refractivity (Wildman–Crippen MR) is 68.5 cm³/mol. The lowest BCUT2D eigenvalue weighted by molar-refractivity contribution is 0.573. The standard InChI is InChI=1S/C10H15BrN2O2S/c1-8(13-5-6-16(12,14)15)9-3-2-4-10(11)7-9/h2-4,7-8,13H,5-6H2,1H3,(H2,12,14,15). The van der Waals surface area contributed by atoms with Crippen molar-refractivity contribution in [3.63, 3.8) is 0 Å². The predicted octanol–water partition coefficient (Wildman–Crippen LogP) is 1.39. The number of hydrogen-bond acceptors (Lipinski definition) is 3. The van der Waals surface area contributed by atoms with E-state index in [4.69, 9.17) is 5.14 Å². The minimum absolute atomic E-state index is 0.0503. The molecule has 1 aromatic carbocycles. The van der Waals surface area contributed by atoms with Crippen LogP contribution in [-0.2, 0) is 10.0 Å². The number of nitrogens with two attached hydrogens (primary N) is 1. The third kappa shape index (κ3) is 5.07. The molecule has 1 aromatic rings. The van der Waals surface area contributed by atoms with Crippen LogP contribution in [0, 0.1) is 0 Å². The van der Waals surface area contributed by atoms with Crippen LogP contribution in [0.4, 0.5) is 0 Å². The minimum Gasteiger partial charge on any atom is -0.309 e. The summed E-state index contributed by atoms with van der Waals surface area (Å²) in [5.74, 6) is -0.0503. The molecule has 4 nitrogen and oxygen atoms in total. The molecular formula is C10H15BrN2O2S. The van der Waals surface area contributed by atoms with Gasteiger partial charge < -0.3 is 5.32 Å². The van der Waals surface area contributed by atoms with Crippen molar-refractivity contribution in [2.24, 2.45) is 5.14 Å². The molecule has 0 radical (unpaired) electrons. The quantitative estimate of drug-likeness (QED) is 0.863. The van der Waals surface area contributed by atoms with Crippen molar-refractivity contribution >= 4 is 26.0 Å². The topological polar surface area (TPSA) is 72.2 Å². The first kappa shape index (κ1) is 13.6. The average Bonchev–Trinajstić information content (AvgIpc) is 2.15. The van der Waals surface area contributed by atoms with E-state index in [1.807, 2.05) is 31.2 Å². The Morgan fingerprint density at radius 2 is 2.19 bits per heavy atom. The fraction of sp³-hybridized carbons (Fsp3) is 0.400. The summed E-state index contributed by atoms with van der Waals surface area (Å²) in [5.41, 5.74) is 1.10. The van der Waals surface area contributed by atoms with Crippen LogP contribution in [0.25, 0.3) is 0 Å². The van der Waals surface area contributed by atoms with E-state index in [0.717, 1.165) is 10.0 Å². The summed E-state index contributed by atoms with van der Waals surface area (Å²) in [7, 11) is -3.38. The highest BCUT2D eigenvalue weighted by Crippen LogP contribution is 2.17. The van der Waals surface area contributed by atoms with Crippen LogP contribution < -0.4 is 10.5 Å². The van der Waals surface area contributed by atoms with Gasteiger partial charge in [-0.2, -0.15) is 0 Å². The van der Waals surface area contributed by atoms with Gasteiger partial charge in [0.1, 0.15) is 0 Å². The molecule has 1 unspecified atom stereocenters. The minimum atomic E-state index is -3.38. The molecule has 0 saturated heterocycles. The summed E-state index contributed by atoms with van der Waals surface area (Å²) in [6.45, 7) is 2.33. The Bertz CT molecular complexity index is 448. The van der Waals surface area contributed by atoms with Crippen LogP contribution in [-0.4, -0.2) is 20.7 Å². The van der Waals surface area contributed by atoms with E-state index in [9.17, 15) is 8.42 Å². The van der Waals surface area contributed by atoms with Crippen molar-refractivity contribution in [1.29, 1.82) is 0 Å². The van der Waals surface area contributed by atoms with E-state index in [-0.39, 0.29) is 11.8 Å². The molecule has 0 saturated carbocycles. The van der Waals surface area contributed by atoms with Gasteiger partial charge in [-0.25, -0.2) is 13.6 Å². The Morgan fingerprint density at radius 3 is 2.75 bits per heavy atom. The summed E-state index contributed by atoms with van der Waals surface area (Å²) in [4.78, 5) is 0. The Labute approximate surface area is 104 Å². The zero-order chi connectivity index (χ0) is 12.2. The molecule has 0 aliphatic rings. The highest BCUT2D eigenvalue weighted by molar-refractivity contribution is 9.10. The fourth-order valence-corrected chi connectivity index (χ4v) is 2.13. The van der Waals surface area contributed by atoms with Gasteiger partial charge >= 0.3 is 0 Å². The number of hydrogen-bond donors (Lipinski definition) is 2. The third-order valence-electron chi connectivity index (χ3n) is 2.19. The Morgan fingerprint density at radius 1 is 1.50 bits per heavy atom. The summed E-state index contributed by atoms with van der Waals surface area (Å²) < 4.78 is 22.5. The second-order valence-corrected chi connectivity index (χ2v) is 6.25. The number of nitrogens with one attached hydrogen (secondary N) is 1. The van der Waals surface area contributed by atoms with Crippen molar-refractivity contribution in [1.82, 2.24) is 5.32 Å². The third-order valence-corrected chi connectivity index (χ3v) is 3.45. The van der Waals surface area contributed by atoms with E-state index in [0.29, 0.717) is 6.54 Å². The second-order valence-electron chi connectivity index (χ2n) is 3.60. The molecule has 0 aromatic heterocycles. The molecule has 1 atom stereocenters. The number of primary sulfonamides is 1. The average molecular weight is 307 g/mol. The maximum atomic E-state index is 10.7. The molecule has 0 heterocycles. The maximum Gasteiger partial charge on any atom is 0.210 e. The molecule has 0 amide bonds. The van der Waals surface area contributed by atoms with E-state index in [1.54, 1.807) is 0 Å². The lowest BCUT2D eigenvalue weighted by atomic mass is 10.1. The summed E-state index contributed by atoms with van der Waals surface area (Å²) in [6, 6.07) is 7.96. The van der Waals surface area contributed by atoms with Crippen molar-refractivity contribution in [3.05, 3.63) is 34.3 Å². The van der Waals surface area contributed by atoms with Crippen LogP contribution in [0.15, 0.2) is 28.7 Å². The first-order chi connectivity index (χ1) is 7.38. The highest BCUT2D eigenvalue weighted by atomic mass is 79.9. The van der Waals surface area contributed by atoms with Gasteiger partial charge in [-0.3, -0.25) is 0 Å². The van der Waals surface area contributed by atoms with Gasteiger partial charge in [-0.05, 0) is 24.6 Å². The van der Waals surface area contributed by atoms with Crippen molar-refractivity contribution < 1.29 is 8.42 Å². The first-order valence-electron chi connectivity index (χ1n) is 4.88. The fourth-order valence-electron chi connectivity index (χ4n) is 1.31. The summed E-state index contributed by atoms with van der Waals surface area (Å²) in [6.07, 6.45) is 0. The second kappa shape index (κ2) is 5.77. The van der Waals surface area contributed by atoms with Crippen molar-refractivity contribution in [2.45, 2.75) is 13.0 Å². The summed E-state index contributed by atoms with van der Waals surface area (Å²) in [5, 5.41) is 8.01. The molecule has 0 aliphatic heterocycles. The van der Waals surface area contributed by atoms with Crippen molar-refractivity contribution in [3.8, 4) is 0 Å². The van der Waals surface area contributed by atoms with Crippen LogP contribution in [0.1, 0.15) is 18.5 Å². The molecule has 0 spiro atoms. The molecule has 3 N–H and O–H groups in total. The number of benzene rings is 1.